The summed E-state index contributed by atoms with van der Waals surface area (Å²) in [7, 11) is 0. The van der Waals surface area contributed by atoms with Crippen LogP contribution in [0.3, 0.4) is 0 Å². The van der Waals surface area contributed by atoms with E-state index < -0.39 is 22.8 Å². The molecule has 0 bridgehead atoms. The Labute approximate surface area is 110 Å². The third-order valence-electron chi connectivity index (χ3n) is 3.07. The molecule has 0 spiro atoms. The number of hydrogen-bond acceptors (Lipinski definition) is 1. The Hall–Kier alpha value is -2.08. The quantitative estimate of drug-likeness (QED) is 0.707. The van der Waals surface area contributed by atoms with E-state index in [1.807, 2.05) is 0 Å². The van der Waals surface area contributed by atoms with Gasteiger partial charge < -0.3 is 5.11 Å². The second kappa shape index (κ2) is 4.24. The number of halogens is 2. The fraction of sp³-hybridized carbons (Fsp3) is 0.250. The molecule has 98 valence electrons. The lowest BCUT2D eigenvalue weighted by atomic mass is 9.81. The van der Waals surface area contributed by atoms with Gasteiger partial charge in [-0.3, -0.25) is 0 Å². The van der Waals surface area contributed by atoms with E-state index in [4.69, 9.17) is 6.42 Å². The fourth-order valence-corrected chi connectivity index (χ4v) is 2.28. The van der Waals surface area contributed by atoms with Gasteiger partial charge in [0.15, 0.2) is 11.6 Å². The Morgan fingerprint density at radius 2 is 1.84 bits per heavy atom. The Balaban J connectivity index is 3.11. The predicted molar refractivity (Wildman–Crippen MR) is 72.2 cm³/mol. The molecular formula is C16H14F2O. The van der Waals surface area contributed by atoms with Gasteiger partial charge >= 0.3 is 0 Å². The average Bonchev–Trinajstić information content (AvgIpc) is 2.30. The molecule has 2 aromatic rings. The third-order valence-corrected chi connectivity index (χ3v) is 3.07. The number of terminal acetylenes is 1. The molecule has 0 atom stereocenters. The molecule has 0 fully saturated rings. The smallest absolute Gasteiger partial charge is 0.169 e. The van der Waals surface area contributed by atoms with Crippen molar-refractivity contribution in [2.45, 2.75) is 26.2 Å². The highest BCUT2D eigenvalue weighted by Gasteiger charge is 2.26. The van der Waals surface area contributed by atoms with Gasteiger partial charge in [-0.15, -0.1) is 6.42 Å². The first-order chi connectivity index (χ1) is 8.77. The molecule has 1 N–H and O–H groups in total. The molecule has 0 amide bonds. The summed E-state index contributed by atoms with van der Waals surface area (Å²) in [6.45, 7) is 5.36. The zero-order valence-corrected chi connectivity index (χ0v) is 11.0. The lowest BCUT2D eigenvalue weighted by Gasteiger charge is -2.23. The molecule has 0 heterocycles. The van der Waals surface area contributed by atoms with Gasteiger partial charge in [0, 0.05) is 10.9 Å². The van der Waals surface area contributed by atoms with Crippen LogP contribution in [-0.2, 0) is 5.41 Å². The minimum Gasteiger partial charge on any atom is -0.505 e. The first-order valence-electron chi connectivity index (χ1n) is 5.88. The van der Waals surface area contributed by atoms with Crippen molar-refractivity contribution in [1.82, 2.24) is 0 Å². The van der Waals surface area contributed by atoms with Gasteiger partial charge in [-0.25, -0.2) is 8.78 Å². The number of hydrogen-bond donors (Lipinski definition) is 1. The Morgan fingerprint density at radius 3 is 2.37 bits per heavy atom. The summed E-state index contributed by atoms with van der Waals surface area (Å²) in [6.07, 6.45) is 5.34. The molecule has 2 rings (SSSR count). The molecule has 0 saturated carbocycles. The maximum atomic E-state index is 14.2. The van der Waals surface area contributed by atoms with Crippen molar-refractivity contribution in [1.29, 1.82) is 0 Å². The highest BCUT2D eigenvalue weighted by atomic mass is 19.1. The van der Waals surface area contributed by atoms with E-state index in [2.05, 4.69) is 5.92 Å². The Kier molecular flexibility index (Phi) is 2.98. The Bertz CT molecular complexity index is 703. The van der Waals surface area contributed by atoms with Crippen molar-refractivity contribution >= 4 is 10.8 Å². The maximum absolute atomic E-state index is 14.2. The predicted octanol–water partition coefficient (Wildman–Crippen LogP) is 4.10. The molecule has 0 aliphatic carbocycles. The van der Waals surface area contributed by atoms with Gasteiger partial charge in [-0.2, -0.15) is 0 Å². The average molecular weight is 260 g/mol. The third kappa shape index (κ3) is 2.04. The van der Waals surface area contributed by atoms with Crippen molar-refractivity contribution in [2.24, 2.45) is 0 Å². The first-order valence-corrected chi connectivity index (χ1v) is 5.88. The van der Waals surface area contributed by atoms with Crippen molar-refractivity contribution in [2.75, 3.05) is 0 Å². The molecular weight excluding hydrogens is 246 g/mol. The van der Waals surface area contributed by atoms with Crippen molar-refractivity contribution in [3.05, 3.63) is 41.0 Å². The molecule has 0 radical (unpaired) electrons. The van der Waals surface area contributed by atoms with E-state index in [1.165, 1.54) is 18.2 Å². The van der Waals surface area contributed by atoms with Crippen LogP contribution in [0.15, 0.2) is 18.2 Å². The SMILES string of the molecule is C#Cc1c(F)ccc2cc(O)c(F)c(C(C)(C)C)c12. The lowest BCUT2D eigenvalue weighted by Crippen LogP contribution is -2.15. The summed E-state index contributed by atoms with van der Waals surface area (Å²) >= 11 is 0. The molecule has 19 heavy (non-hydrogen) atoms. The molecule has 0 aliphatic rings. The molecule has 3 heteroatoms. The number of phenols is 1. The summed E-state index contributed by atoms with van der Waals surface area (Å²) < 4.78 is 28.0. The summed E-state index contributed by atoms with van der Waals surface area (Å²) in [4.78, 5) is 0. The lowest BCUT2D eigenvalue weighted by molar-refractivity contribution is 0.419. The van der Waals surface area contributed by atoms with Crippen LogP contribution < -0.4 is 0 Å². The zero-order valence-electron chi connectivity index (χ0n) is 11.0. The van der Waals surface area contributed by atoms with Crippen molar-refractivity contribution < 1.29 is 13.9 Å². The van der Waals surface area contributed by atoms with Gasteiger partial charge in [0.1, 0.15) is 5.82 Å². The maximum Gasteiger partial charge on any atom is 0.169 e. The first kappa shape index (κ1) is 13.4. The molecule has 0 saturated heterocycles. The normalized spacial score (nSPS) is 11.6. The number of benzene rings is 2. The van der Waals surface area contributed by atoms with Crippen molar-refractivity contribution in [3.63, 3.8) is 0 Å². The fourth-order valence-electron chi connectivity index (χ4n) is 2.28. The van der Waals surface area contributed by atoms with Gasteiger partial charge in [-0.05, 0) is 22.9 Å². The van der Waals surface area contributed by atoms with E-state index in [0.29, 0.717) is 10.8 Å². The minimum absolute atomic E-state index is 0.0290. The van der Waals surface area contributed by atoms with Crippen LogP contribution in [0.2, 0.25) is 0 Å². The van der Waals surface area contributed by atoms with Gasteiger partial charge in [0.2, 0.25) is 0 Å². The van der Waals surface area contributed by atoms with E-state index in [-0.39, 0.29) is 11.1 Å². The second-order valence-electron chi connectivity index (χ2n) is 5.50. The van der Waals surface area contributed by atoms with Gasteiger partial charge in [-0.1, -0.05) is 32.8 Å². The summed E-state index contributed by atoms with van der Waals surface area (Å²) in [5.74, 6) is 0.510. The van der Waals surface area contributed by atoms with E-state index in [1.54, 1.807) is 20.8 Å². The molecule has 1 nitrogen and oxygen atoms in total. The largest absolute Gasteiger partial charge is 0.505 e. The number of rotatable bonds is 0. The summed E-state index contributed by atoms with van der Waals surface area (Å²) in [6, 6.07) is 3.97. The molecule has 0 aliphatic heterocycles. The highest BCUT2D eigenvalue weighted by Crippen LogP contribution is 2.38. The molecule has 0 aromatic heterocycles. The van der Waals surface area contributed by atoms with E-state index in [9.17, 15) is 13.9 Å². The molecule has 0 unspecified atom stereocenters. The molecule has 2 aromatic carbocycles. The Morgan fingerprint density at radius 1 is 1.21 bits per heavy atom. The van der Waals surface area contributed by atoms with Gasteiger partial charge in [0.25, 0.3) is 0 Å². The van der Waals surface area contributed by atoms with Crippen LogP contribution in [0, 0.1) is 24.0 Å². The zero-order chi connectivity index (χ0) is 14.4. The second-order valence-corrected chi connectivity index (χ2v) is 5.50. The standard InChI is InChI=1S/C16H14F2O/c1-5-10-11(17)7-6-9-8-12(19)15(18)14(13(9)10)16(2,3)4/h1,6-8,19H,2-4H3. The van der Waals surface area contributed by atoms with Crippen LogP contribution in [0.5, 0.6) is 5.75 Å². The van der Waals surface area contributed by atoms with Crippen LogP contribution in [0.4, 0.5) is 8.78 Å². The topological polar surface area (TPSA) is 20.2 Å². The summed E-state index contributed by atoms with van der Waals surface area (Å²) in [5.41, 5.74) is -0.350. The van der Waals surface area contributed by atoms with Gasteiger partial charge in [0.05, 0.1) is 5.56 Å². The summed E-state index contributed by atoms with van der Waals surface area (Å²) in [5, 5.41) is 10.6. The van der Waals surface area contributed by atoms with Crippen LogP contribution in [0.1, 0.15) is 31.9 Å². The van der Waals surface area contributed by atoms with Crippen LogP contribution >= 0.6 is 0 Å². The van der Waals surface area contributed by atoms with Crippen LogP contribution in [-0.4, -0.2) is 5.11 Å². The number of fused-ring (bicyclic) bond motifs is 1. The number of phenolic OH excluding ortho intramolecular Hbond substituents is 1. The van der Waals surface area contributed by atoms with E-state index in [0.717, 1.165) is 0 Å². The number of aromatic hydroxyl groups is 1. The minimum atomic E-state index is -0.748. The highest BCUT2D eigenvalue weighted by molar-refractivity contribution is 5.93. The van der Waals surface area contributed by atoms with Crippen molar-refractivity contribution in [3.8, 4) is 18.1 Å². The monoisotopic (exact) mass is 260 g/mol. The van der Waals surface area contributed by atoms with E-state index >= 15 is 0 Å². The van der Waals surface area contributed by atoms with Crippen LogP contribution in [0.25, 0.3) is 10.8 Å².